The highest BCUT2D eigenvalue weighted by molar-refractivity contribution is 6.00. The molecule has 0 amide bonds. The molecule has 0 saturated carbocycles. The first-order valence-corrected chi connectivity index (χ1v) is 11.8. The molecule has 1 unspecified atom stereocenters. The van der Waals surface area contributed by atoms with Crippen molar-refractivity contribution in [1.82, 2.24) is 9.80 Å². The maximum atomic E-state index is 10.6. The van der Waals surface area contributed by atoms with E-state index in [9.17, 15) is 10.2 Å². The van der Waals surface area contributed by atoms with Crippen LogP contribution >= 0.6 is 0 Å². The van der Waals surface area contributed by atoms with Gasteiger partial charge >= 0.3 is 0 Å². The van der Waals surface area contributed by atoms with Crippen molar-refractivity contribution < 1.29 is 30.0 Å². The van der Waals surface area contributed by atoms with Crippen LogP contribution in [0, 0.1) is 0 Å². The number of hydrogen-bond acceptors (Lipinski definition) is 7. The van der Waals surface area contributed by atoms with E-state index < -0.39 is 6.10 Å². The number of aliphatic hydroxyl groups is 2. The first kappa shape index (κ1) is 26.4. The molecule has 1 aliphatic rings. The number of phenols is 1. The fraction of sp³-hybridized carbons (Fsp3) is 0.370. The Labute approximate surface area is 205 Å². The Balaban J connectivity index is 0.00000108. The summed E-state index contributed by atoms with van der Waals surface area (Å²) in [4.78, 5) is 13.0. The van der Waals surface area contributed by atoms with Gasteiger partial charge in [-0.2, -0.15) is 0 Å². The van der Waals surface area contributed by atoms with E-state index in [4.69, 9.17) is 19.7 Å². The number of phenolic OH excluding ortho intramolecular Hbond substituents is 1. The van der Waals surface area contributed by atoms with Gasteiger partial charge in [0.1, 0.15) is 24.2 Å². The van der Waals surface area contributed by atoms with E-state index in [1.807, 2.05) is 48.5 Å². The van der Waals surface area contributed by atoms with Crippen molar-refractivity contribution in [2.45, 2.75) is 12.5 Å². The second-order valence-corrected chi connectivity index (χ2v) is 8.50. The van der Waals surface area contributed by atoms with Gasteiger partial charge in [0.05, 0.1) is 0 Å². The molecule has 1 aliphatic heterocycles. The fourth-order valence-corrected chi connectivity index (χ4v) is 4.35. The molecule has 4 rings (SSSR count). The van der Waals surface area contributed by atoms with E-state index >= 15 is 0 Å². The van der Waals surface area contributed by atoms with Gasteiger partial charge in [0.25, 0.3) is 6.47 Å². The number of β-amino-alcohol motifs (C(OH)–C–C–N with tert-alkyl or cyclic N) is 1. The molecule has 0 spiro atoms. The second-order valence-electron chi connectivity index (χ2n) is 8.50. The van der Waals surface area contributed by atoms with Crippen LogP contribution in [0.4, 0.5) is 0 Å². The first-order valence-electron chi connectivity index (χ1n) is 11.8. The lowest BCUT2D eigenvalue weighted by atomic mass is 9.97. The van der Waals surface area contributed by atoms with Crippen LogP contribution in [0.3, 0.4) is 0 Å². The third-order valence-electron chi connectivity index (χ3n) is 6.04. The number of aromatic hydroxyl groups is 1. The van der Waals surface area contributed by atoms with E-state index in [0.29, 0.717) is 6.54 Å². The van der Waals surface area contributed by atoms with Gasteiger partial charge in [0.2, 0.25) is 0 Å². The Kier molecular flexibility index (Phi) is 10.3. The molecule has 0 radical (unpaired) electrons. The average Bonchev–Trinajstić information content (AvgIpc) is 2.87. The monoisotopic (exact) mass is 482 g/mol. The summed E-state index contributed by atoms with van der Waals surface area (Å²) in [6.45, 7) is 5.52. The standard InChI is InChI=1S/C26H32N2O4.CH2O2/c29-16-4-11-27-12-14-28(15-13-27)18-22(31)19-32-26-10-9-23(20-5-3-6-21(30)17-20)24-7-1-2-8-25(24)26;2-1-3/h1-3,5-10,17,22,29-31H,4,11-16,18-19H2;1H,(H,2,3). The quantitative estimate of drug-likeness (QED) is 0.344. The Morgan fingerprint density at radius 2 is 1.63 bits per heavy atom. The third kappa shape index (κ3) is 7.66. The van der Waals surface area contributed by atoms with Crippen LogP contribution < -0.4 is 4.74 Å². The number of carbonyl (C=O) groups is 1. The fourth-order valence-electron chi connectivity index (χ4n) is 4.35. The Hall–Kier alpha value is -3.17. The SMILES string of the molecule is O=CO.OCCCN1CCN(CC(O)COc2ccc(-c3cccc(O)c3)c3ccccc23)CC1. The smallest absolute Gasteiger partial charge is 0.290 e. The normalized spacial score (nSPS) is 15.3. The van der Waals surface area contributed by atoms with Gasteiger partial charge < -0.3 is 30.1 Å². The van der Waals surface area contributed by atoms with Crippen LogP contribution in [0.5, 0.6) is 11.5 Å². The van der Waals surface area contributed by atoms with Gasteiger partial charge in [-0.3, -0.25) is 9.69 Å². The van der Waals surface area contributed by atoms with E-state index in [1.165, 1.54) is 0 Å². The average molecular weight is 483 g/mol. The van der Waals surface area contributed by atoms with E-state index in [2.05, 4.69) is 9.80 Å². The van der Waals surface area contributed by atoms with Crippen molar-refractivity contribution in [2.24, 2.45) is 0 Å². The number of carboxylic acid groups (broad SMARTS) is 1. The van der Waals surface area contributed by atoms with Crippen LogP contribution in [0.25, 0.3) is 21.9 Å². The number of hydrogen-bond donors (Lipinski definition) is 4. The lowest BCUT2D eigenvalue weighted by molar-refractivity contribution is -0.122. The van der Waals surface area contributed by atoms with E-state index in [0.717, 1.165) is 66.8 Å². The molecule has 0 aliphatic carbocycles. The van der Waals surface area contributed by atoms with Crippen molar-refractivity contribution in [3.05, 3.63) is 60.7 Å². The summed E-state index contributed by atoms with van der Waals surface area (Å²) in [5.41, 5.74) is 1.98. The van der Waals surface area contributed by atoms with Crippen molar-refractivity contribution in [3.8, 4) is 22.6 Å². The molecule has 8 nitrogen and oxygen atoms in total. The molecular formula is C27H34N2O6. The molecule has 0 aromatic heterocycles. The predicted molar refractivity (Wildman–Crippen MR) is 136 cm³/mol. The lowest BCUT2D eigenvalue weighted by Crippen LogP contribution is -2.49. The maximum Gasteiger partial charge on any atom is 0.290 e. The van der Waals surface area contributed by atoms with Gasteiger partial charge in [0, 0.05) is 51.3 Å². The number of ether oxygens (including phenoxy) is 1. The molecule has 8 heteroatoms. The summed E-state index contributed by atoms with van der Waals surface area (Å²) in [7, 11) is 0. The van der Waals surface area contributed by atoms with E-state index in [1.54, 1.807) is 12.1 Å². The van der Waals surface area contributed by atoms with Crippen LogP contribution in [0.1, 0.15) is 6.42 Å². The molecule has 3 aromatic rings. The van der Waals surface area contributed by atoms with Crippen LogP contribution in [-0.4, -0.2) is 95.3 Å². The number of piperazine rings is 1. The highest BCUT2D eigenvalue weighted by Gasteiger charge is 2.19. The minimum absolute atomic E-state index is 0.236. The minimum Gasteiger partial charge on any atom is -0.508 e. The van der Waals surface area contributed by atoms with Gasteiger partial charge in [-0.1, -0.05) is 42.5 Å². The number of aliphatic hydroxyl groups excluding tert-OH is 2. The summed E-state index contributed by atoms with van der Waals surface area (Å²) >= 11 is 0. The van der Waals surface area contributed by atoms with Crippen LogP contribution in [-0.2, 0) is 4.79 Å². The van der Waals surface area contributed by atoms with E-state index in [-0.39, 0.29) is 25.4 Å². The highest BCUT2D eigenvalue weighted by atomic mass is 16.5. The molecule has 1 fully saturated rings. The molecule has 4 N–H and O–H groups in total. The molecule has 1 saturated heterocycles. The van der Waals surface area contributed by atoms with Gasteiger partial charge in [0.15, 0.2) is 0 Å². The van der Waals surface area contributed by atoms with Crippen molar-refractivity contribution >= 4 is 17.2 Å². The molecule has 1 heterocycles. The molecule has 0 bridgehead atoms. The van der Waals surface area contributed by atoms with Crippen LogP contribution in [0.15, 0.2) is 60.7 Å². The van der Waals surface area contributed by atoms with Gasteiger partial charge in [-0.25, -0.2) is 0 Å². The summed E-state index contributed by atoms with van der Waals surface area (Å²) in [5.74, 6) is 0.988. The highest BCUT2D eigenvalue weighted by Crippen LogP contribution is 2.35. The number of fused-ring (bicyclic) bond motifs is 1. The Morgan fingerprint density at radius 1 is 0.943 bits per heavy atom. The lowest BCUT2D eigenvalue weighted by Gasteiger charge is -2.35. The number of nitrogens with zero attached hydrogens (tertiary/aromatic N) is 2. The molecular weight excluding hydrogens is 448 g/mol. The summed E-state index contributed by atoms with van der Waals surface area (Å²) < 4.78 is 6.05. The molecule has 35 heavy (non-hydrogen) atoms. The van der Waals surface area contributed by atoms with Gasteiger partial charge in [-0.15, -0.1) is 0 Å². The Morgan fingerprint density at radius 3 is 2.31 bits per heavy atom. The van der Waals surface area contributed by atoms with Crippen molar-refractivity contribution in [3.63, 3.8) is 0 Å². The molecule has 188 valence electrons. The molecule has 1 atom stereocenters. The zero-order chi connectivity index (χ0) is 25.0. The predicted octanol–water partition coefficient (Wildman–Crippen LogP) is 2.65. The second kappa shape index (κ2) is 13.7. The third-order valence-corrected chi connectivity index (χ3v) is 6.04. The topological polar surface area (TPSA) is 114 Å². The number of benzene rings is 3. The number of rotatable bonds is 9. The summed E-state index contributed by atoms with van der Waals surface area (Å²) in [5, 5.41) is 38.3. The zero-order valence-electron chi connectivity index (χ0n) is 19.8. The summed E-state index contributed by atoms with van der Waals surface area (Å²) in [6.07, 6.45) is 0.248. The largest absolute Gasteiger partial charge is 0.508 e. The minimum atomic E-state index is -0.566. The van der Waals surface area contributed by atoms with Gasteiger partial charge in [-0.05, 0) is 41.1 Å². The van der Waals surface area contributed by atoms with Crippen LogP contribution in [0.2, 0.25) is 0 Å². The maximum absolute atomic E-state index is 10.6. The zero-order valence-corrected chi connectivity index (χ0v) is 19.8. The van der Waals surface area contributed by atoms with Crippen molar-refractivity contribution in [2.75, 3.05) is 52.5 Å². The van der Waals surface area contributed by atoms with Crippen molar-refractivity contribution in [1.29, 1.82) is 0 Å². The molecule has 3 aromatic carbocycles. The Bertz CT molecular complexity index is 1070. The first-order chi connectivity index (χ1) is 17.0. The summed E-state index contributed by atoms with van der Waals surface area (Å²) in [6, 6.07) is 19.2.